The molecule has 1 aliphatic rings. The number of amides is 3. The first-order chi connectivity index (χ1) is 9.08. The molecule has 1 atom stereocenters. The van der Waals surface area contributed by atoms with E-state index in [9.17, 15) is 14.4 Å². The van der Waals surface area contributed by atoms with Gasteiger partial charge in [0.15, 0.2) is 0 Å². The maximum atomic E-state index is 11.6. The first kappa shape index (κ1) is 13.1. The standard InChI is InChI=1S/C13H14N2O4/c1-15-11(16)7-10(12(15)17)14-13(18)19-8-9-5-3-2-4-6-9/h2-6,10H,7-8H2,1H3,(H,14,18)/t10-/m0/s1. The molecule has 0 unspecified atom stereocenters. The summed E-state index contributed by atoms with van der Waals surface area (Å²) in [6.45, 7) is 0.122. The molecule has 6 nitrogen and oxygen atoms in total. The zero-order valence-corrected chi connectivity index (χ0v) is 10.5. The fraction of sp³-hybridized carbons (Fsp3) is 0.308. The van der Waals surface area contributed by atoms with E-state index in [2.05, 4.69) is 5.32 Å². The summed E-state index contributed by atoms with van der Waals surface area (Å²) in [6.07, 6.45) is -0.722. The molecule has 3 amide bonds. The number of carbonyl (C=O) groups excluding carboxylic acids is 3. The lowest BCUT2D eigenvalue weighted by molar-refractivity contribution is -0.137. The zero-order chi connectivity index (χ0) is 13.8. The van der Waals surface area contributed by atoms with Gasteiger partial charge in [-0.3, -0.25) is 14.5 Å². The molecule has 1 aliphatic heterocycles. The summed E-state index contributed by atoms with van der Waals surface area (Å²) in [5.41, 5.74) is 0.851. The second-order valence-electron chi connectivity index (χ2n) is 4.25. The Morgan fingerprint density at radius 3 is 2.63 bits per heavy atom. The van der Waals surface area contributed by atoms with Gasteiger partial charge >= 0.3 is 6.09 Å². The Morgan fingerprint density at radius 1 is 1.37 bits per heavy atom. The number of benzene rings is 1. The SMILES string of the molecule is CN1C(=O)C[C@H](NC(=O)OCc2ccccc2)C1=O. The van der Waals surface area contributed by atoms with Crippen molar-refractivity contribution in [2.24, 2.45) is 0 Å². The van der Waals surface area contributed by atoms with E-state index in [0.717, 1.165) is 10.5 Å². The van der Waals surface area contributed by atoms with Crippen LogP contribution in [0.3, 0.4) is 0 Å². The normalized spacial score (nSPS) is 18.6. The number of ether oxygens (including phenoxy) is 1. The Balaban J connectivity index is 1.82. The minimum Gasteiger partial charge on any atom is -0.445 e. The van der Waals surface area contributed by atoms with Crippen molar-refractivity contribution in [3.63, 3.8) is 0 Å². The average Bonchev–Trinajstić information content (AvgIpc) is 2.65. The molecule has 1 fully saturated rings. The van der Waals surface area contributed by atoms with Crippen molar-refractivity contribution >= 4 is 17.9 Å². The van der Waals surface area contributed by atoms with Gasteiger partial charge in [-0.2, -0.15) is 0 Å². The van der Waals surface area contributed by atoms with Crippen LogP contribution in [0.1, 0.15) is 12.0 Å². The van der Waals surface area contributed by atoms with Crippen LogP contribution in [0.25, 0.3) is 0 Å². The van der Waals surface area contributed by atoms with Crippen molar-refractivity contribution in [3.8, 4) is 0 Å². The summed E-state index contributed by atoms with van der Waals surface area (Å²) < 4.78 is 4.98. The van der Waals surface area contributed by atoms with Crippen LogP contribution in [0, 0.1) is 0 Å². The highest BCUT2D eigenvalue weighted by molar-refractivity contribution is 6.06. The van der Waals surface area contributed by atoms with E-state index >= 15 is 0 Å². The van der Waals surface area contributed by atoms with Gasteiger partial charge in [0, 0.05) is 7.05 Å². The van der Waals surface area contributed by atoms with Gasteiger partial charge in [0.25, 0.3) is 5.91 Å². The van der Waals surface area contributed by atoms with E-state index in [0.29, 0.717) is 0 Å². The molecule has 0 saturated carbocycles. The highest BCUT2D eigenvalue weighted by atomic mass is 16.5. The monoisotopic (exact) mass is 262 g/mol. The van der Waals surface area contributed by atoms with Crippen molar-refractivity contribution in [1.82, 2.24) is 10.2 Å². The maximum absolute atomic E-state index is 11.6. The summed E-state index contributed by atoms with van der Waals surface area (Å²) >= 11 is 0. The number of hydrogen-bond acceptors (Lipinski definition) is 4. The van der Waals surface area contributed by atoms with E-state index in [1.807, 2.05) is 30.3 Å². The molecule has 1 aromatic carbocycles. The Kier molecular flexibility index (Phi) is 3.79. The highest BCUT2D eigenvalue weighted by Gasteiger charge is 2.37. The van der Waals surface area contributed by atoms with E-state index in [1.165, 1.54) is 7.05 Å². The third-order valence-electron chi connectivity index (χ3n) is 2.89. The molecule has 0 bridgehead atoms. The van der Waals surface area contributed by atoms with Crippen LogP contribution >= 0.6 is 0 Å². The molecule has 1 aromatic rings. The lowest BCUT2D eigenvalue weighted by Gasteiger charge is -2.11. The molecule has 0 aliphatic carbocycles. The van der Waals surface area contributed by atoms with Crippen molar-refractivity contribution < 1.29 is 19.1 Å². The van der Waals surface area contributed by atoms with Gasteiger partial charge < -0.3 is 10.1 Å². The molecular formula is C13H14N2O4. The molecule has 1 N–H and O–H groups in total. The number of alkyl carbamates (subject to hydrolysis) is 1. The Bertz CT molecular complexity index is 501. The van der Waals surface area contributed by atoms with Gasteiger partial charge in [0.05, 0.1) is 6.42 Å². The van der Waals surface area contributed by atoms with Crippen LogP contribution in [0.15, 0.2) is 30.3 Å². The van der Waals surface area contributed by atoms with E-state index in [4.69, 9.17) is 4.74 Å². The first-order valence-electron chi connectivity index (χ1n) is 5.85. The summed E-state index contributed by atoms with van der Waals surface area (Å²) in [4.78, 5) is 35.3. The topological polar surface area (TPSA) is 75.7 Å². The summed E-state index contributed by atoms with van der Waals surface area (Å²) in [5, 5.41) is 2.39. The number of hydrogen-bond donors (Lipinski definition) is 1. The zero-order valence-electron chi connectivity index (χ0n) is 10.5. The molecule has 19 heavy (non-hydrogen) atoms. The molecule has 0 radical (unpaired) electrons. The van der Waals surface area contributed by atoms with Crippen molar-refractivity contribution in [1.29, 1.82) is 0 Å². The van der Waals surface area contributed by atoms with Gasteiger partial charge in [-0.1, -0.05) is 30.3 Å². The maximum Gasteiger partial charge on any atom is 0.408 e. The molecular weight excluding hydrogens is 248 g/mol. The average molecular weight is 262 g/mol. The Morgan fingerprint density at radius 2 is 2.05 bits per heavy atom. The number of imide groups is 1. The minimum absolute atomic E-state index is 0.0181. The number of nitrogens with one attached hydrogen (secondary N) is 1. The highest BCUT2D eigenvalue weighted by Crippen LogP contribution is 2.10. The summed E-state index contributed by atoms with van der Waals surface area (Å²) in [5.74, 6) is -0.722. The van der Waals surface area contributed by atoms with Crippen LogP contribution in [-0.4, -0.2) is 35.9 Å². The quantitative estimate of drug-likeness (QED) is 0.812. The van der Waals surface area contributed by atoms with Crippen LogP contribution in [-0.2, 0) is 20.9 Å². The first-order valence-corrected chi connectivity index (χ1v) is 5.85. The van der Waals surface area contributed by atoms with Gasteiger partial charge in [-0.25, -0.2) is 4.79 Å². The molecule has 0 spiro atoms. The van der Waals surface area contributed by atoms with Gasteiger partial charge in [-0.15, -0.1) is 0 Å². The molecule has 100 valence electrons. The predicted octanol–water partition coefficient (Wildman–Crippen LogP) is 0.670. The lowest BCUT2D eigenvalue weighted by atomic mass is 10.2. The summed E-state index contributed by atoms with van der Waals surface area (Å²) in [7, 11) is 1.39. The number of nitrogens with zero attached hydrogens (tertiary/aromatic N) is 1. The van der Waals surface area contributed by atoms with E-state index < -0.39 is 18.0 Å². The van der Waals surface area contributed by atoms with Gasteiger partial charge in [0.1, 0.15) is 12.6 Å². The number of likely N-dealkylation sites (tertiary alicyclic amines) is 1. The smallest absolute Gasteiger partial charge is 0.408 e. The number of likely N-dealkylation sites (N-methyl/N-ethyl adjacent to an activating group) is 1. The fourth-order valence-corrected chi connectivity index (χ4v) is 1.78. The predicted molar refractivity (Wildman–Crippen MR) is 65.9 cm³/mol. The molecule has 0 aromatic heterocycles. The second-order valence-corrected chi connectivity index (χ2v) is 4.25. The Labute approximate surface area is 110 Å². The Hall–Kier alpha value is -2.37. The van der Waals surface area contributed by atoms with Gasteiger partial charge in [0.2, 0.25) is 5.91 Å². The fourth-order valence-electron chi connectivity index (χ4n) is 1.78. The molecule has 1 heterocycles. The van der Waals surface area contributed by atoms with Crippen LogP contribution in [0.5, 0.6) is 0 Å². The van der Waals surface area contributed by atoms with Crippen LogP contribution in [0.4, 0.5) is 4.79 Å². The third kappa shape index (κ3) is 3.09. The molecule has 6 heteroatoms. The second kappa shape index (κ2) is 5.51. The van der Waals surface area contributed by atoms with Crippen LogP contribution in [0.2, 0.25) is 0 Å². The van der Waals surface area contributed by atoms with Gasteiger partial charge in [-0.05, 0) is 5.56 Å². The third-order valence-corrected chi connectivity index (χ3v) is 2.89. The minimum atomic E-state index is -0.819. The lowest BCUT2D eigenvalue weighted by Crippen LogP contribution is -2.40. The van der Waals surface area contributed by atoms with E-state index in [1.54, 1.807) is 0 Å². The van der Waals surface area contributed by atoms with E-state index in [-0.39, 0.29) is 18.9 Å². The number of carbonyl (C=O) groups is 3. The summed E-state index contributed by atoms with van der Waals surface area (Å²) in [6, 6.07) is 8.37. The number of rotatable bonds is 3. The largest absolute Gasteiger partial charge is 0.445 e. The van der Waals surface area contributed by atoms with Crippen molar-refractivity contribution in [2.75, 3.05) is 7.05 Å². The van der Waals surface area contributed by atoms with Crippen LogP contribution < -0.4 is 5.32 Å². The van der Waals surface area contributed by atoms with Crippen molar-refractivity contribution in [2.45, 2.75) is 19.1 Å². The van der Waals surface area contributed by atoms with Crippen molar-refractivity contribution in [3.05, 3.63) is 35.9 Å². The molecule has 2 rings (SSSR count). The molecule has 1 saturated heterocycles.